The molecule has 0 saturated heterocycles. The predicted molar refractivity (Wildman–Crippen MR) is 80.3 cm³/mol. The average Bonchev–Trinajstić information content (AvgIpc) is 2.34. The van der Waals surface area contributed by atoms with Gasteiger partial charge >= 0.3 is 0 Å². The smallest absolute Gasteiger partial charge is 0.242 e. The largest absolute Gasteiger partial charge is 0.492 e. The van der Waals surface area contributed by atoms with E-state index in [0.29, 0.717) is 25.4 Å². The van der Waals surface area contributed by atoms with Gasteiger partial charge in [-0.2, -0.15) is 0 Å². The van der Waals surface area contributed by atoms with Crippen LogP contribution in [0.2, 0.25) is 0 Å². The first-order chi connectivity index (χ1) is 9.16. The van der Waals surface area contributed by atoms with Gasteiger partial charge in [-0.25, -0.2) is 12.7 Å². The maximum absolute atomic E-state index is 12.4. The van der Waals surface area contributed by atoms with Crippen molar-refractivity contribution in [2.75, 3.05) is 26.7 Å². The van der Waals surface area contributed by atoms with Crippen LogP contribution in [0, 0.1) is 5.41 Å². The molecule has 0 aliphatic heterocycles. The number of nitrogens with zero attached hydrogens (tertiary/aromatic N) is 1. The third-order valence-electron chi connectivity index (χ3n) is 2.62. The minimum absolute atomic E-state index is 0.0913. The van der Waals surface area contributed by atoms with Gasteiger partial charge in [0, 0.05) is 20.1 Å². The summed E-state index contributed by atoms with van der Waals surface area (Å²) >= 11 is 0. The molecule has 0 fully saturated rings. The number of ether oxygens (including phenoxy) is 1. The highest BCUT2D eigenvalue weighted by Crippen LogP contribution is 2.22. The Hall–Kier alpha value is -1.11. The molecular weight excluding hydrogens is 276 g/mol. The quantitative estimate of drug-likeness (QED) is 0.867. The van der Waals surface area contributed by atoms with Crippen molar-refractivity contribution in [2.45, 2.75) is 25.7 Å². The Bertz CT molecular complexity index is 518. The molecule has 0 aliphatic carbocycles. The highest BCUT2D eigenvalue weighted by Gasteiger charge is 2.25. The standard InChI is InChI=1S/C14H24N2O3S/c1-14(2,3)11-16(4)20(17,18)13-7-5-12(6-8-13)19-10-9-15/h5-8H,9-11,15H2,1-4H3. The third-order valence-corrected chi connectivity index (χ3v) is 4.43. The van der Waals surface area contributed by atoms with Crippen LogP contribution in [0.5, 0.6) is 5.75 Å². The van der Waals surface area contributed by atoms with Gasteiger partial charge in [0.25, 0.3) is 0 Å². The highest BCUT2D eigenvalue weighted by molar-refractivity contribution is 7.89. The molecule has 0 aromatic heterocycles. The molecule has 0 aliphatic rings. The Kier molecular flexibility index (Phi) is 5.56. The summed E-state index contributed by atoms with van der Waals surface area (Å²) in [5.41, 5.74) is 5.26. The maximum atomic E-state index is 12.4. The van der Waals surface area contributed by atoms with Crippen molar-refractivity contribution in [3.05, 3.63) is 24.3 Å². The molecule has 5 nitrogen and oxygen atoms in total. The highest BCUT2D eigenvalue weighted by atomic mass is 32.2. The van der Waals surface area contributed by atoms with Crippen molar-refractivity contribution in [1.29, 1.82) is 0 Å². The SMILES string of the molecule is CN(CC(C)(C)C)S(=O)(=O)c1ccc(OCCN)cc1. The summed E-state index contributed by atoms with van der Waals surface area (Å²) in [4.78, 5) is 0.268. The summed E-state index contributed by atoms with van der Waals surface area (Å²) in [6.07, 6.45) is 0. The van der Waals surface area contributed by atoms with Gasteiger partial charge in [0.15, 0.2) is 0 Å². The minimum atomic E-state index is -3.46. The van der Waals surface area contributed by atoms with Gasteiger partial charge in [-0.1, -0.05) is 20.8 Å². The van der Waals surface area contributed by atoms with Crippen molar-refractivity contribution in [3.8, 4) is 5.75 Å². The van der Waals surface area contributed by atoms with E-state index in [0.717, 1.165) is 0 Å². The first kappa shape index (κ1) is 16.9. The fraction of sp³-hybridized carbons (Fsp3) is 0.571. The van der Waals surface area contributed by atoms with Gasteiger partial charge < -0.3 is 10.5 Å². The van der Waals surface area contributed by atoms with Gasteiger partial charge in [-0.15, -0.1) is 0 Å². The molecule has 6 heteroatoms. The number of nitrogens with two attached hydrogens (primary N) is 1. The van der Waals surface area contributed by atoms with Gasteiger partial charge in [0.2, 0.25) is 10.0 Å². The fourth-order valence-electron chi connectivity index (χ4n) is 1.82. The molecule has 1 aromatic rings. The maximum Gasteiger partial charge on any atom is 0.242 e. The molecular formula is C14H24N2O3S. The summed E-state index contributed by atoms with van der Waals surface area (Å²) in [5, 5.41) is 0. The molecule has 0 heterocycles. The van der Waals surface area contributed by atoms with E-state index >= 15 is 0 Å². The number of hydrogen-bond donors (Lipinski definition) is 1. The second-order valence-corrected chi connectivity index (χ2v) is 7.98. The van der Waals surface area contributed by atoms with Crippen molar-refractivity contribution in [2.24, 2.45) is 11.1 Å². The van der Waals surface area contributed by atoms with E-state index in [2.05, 4.69) is 0 Å². The molecule has 0 atom stereocenters. The van der Waals surface area contributed by atoms with Gasteiger partial charge in [0.1, 0.15) is 12.4 Å². The van der Waals surface area contributed by atoms with E-state index in [4.69, 9.17) is 10.5 Å². The molecule has 0 radical (unpaired) electrons. The van der Waals surface area contributed by atoms with Crippen LogP contribution < -0.4 is 10.5 Å². The zero-order valence-electron chi connectivity index (χ0n) is 12.6. The van der Waals surface area contributed by atoms with E-state index in [1.807, 2.05) is 20.8 Å². The lowest BCUT2D eigenvalue weighted by Crippen LogP contribution is -2.34. The lowest BCUT2D eigenvalue weighted by molar-refractivity contribution is 0.310. The zero-order chi connectivity index (χ0) is 15.4. The minimum Gasteiger partial charge on any atom is -0.492 e. The number of sulfonamides is 1. The Morgan fingerprint density at radius 1 is 1.20 bits per heavy atom. The zero-order valence-corrected chi connectivity index (χ0v) is 13.4. The van der Waals surface area contributed by atoms with Crippen LogP contribution in [0.15, 0.2) is 29.2 Å². The Morgan fingerprint density at radius 2 is 1.75 bits per heavy atom. The third kappa shape index (κ3) is 4.77. The van der Waals surface area contributed by atoms with E-state index in [-0.39, 0.29) is 10.3 Å². The first-order valence-electron chi connectivity index (χ1n) is 6.56. The van der Waals surface area contributed by atoms with Crippen molar-refractivity contribution in [1.82, 2.24) is 4.31 Å². The predicted octanol–water partition coefficient (Wildman–Crippen LogP) is 1.69. The number of benzene rings is 1. The normalized spacial score (nSPS) is 12.7. The van der Waals surface area contributed by atoms with E-state index in [1.165, 1.54) is 4.31 Å². The van der Waals surface area contributed by atoms with Crippen LogP contribution in [0.3, 0.4) is 0 Å². The Morgan fingerprint density at radius 3 is 2.20 bits per heavy atom. The molecule has 0 amide bonds. The molecule has 0 unspecified atom stereocenters. The lowest BCUT2D eigenvalue weighted by Gasteiger charge is -2.26. The van der Waals surface area contributed by atoms with Crippen LogP contribution in [-0.4, -0.2) is 39.5 Å². The number of hydrogen-bond acceptors (Lipinski definition) is 4. The molecule has 1 rings (SSSR count). The second kappa shape index (κ2) is 6.56. The second-order valence-electron chi connectivity index (χ2n) is 5.93. The van der Waals surface area contributed by atoms with E-state index in [1.54, 1.807) is 31.3 Å². The van der Waals surface area contributed by atoms with Crippen LogP contribution in [0.1, 0.15) is 20.8 Å². The first-order valence-corrected chi connectivity index (χ1v) is 8.00. The van der Waals surface area contributed by atoms with Crippen LogP contribution in [0.4, 0.5) is 0 Å². The van der Waals surface area contributed by atoms with E-state index < -0.39 is 10.0 Å². The summed E-state index contributed by atoms with van der Waals surface area (Å²) in [6.45, 7) is 7.31. The van der Waals surface area contributed by atoms with Crippen molar-refractivity contribution in [3.63, 3.8) is 0 Å². The molecule has 0 bridgehead atoms. The Balaban J connectivity index is 2.87. The summed E-state index contributed by atoms with van der Waals surface area (Å²) < 4.78 is 31.5. The van der Waals surface area contributed by atoms with Crippen LogP contribution in [-0.2, 0) is 10.0 Å². The molecule has 0 spiro atoms. The van der Waals surface area contributed by atoms with Gasteiger partial charge in [-0.3, -0.25) is 0 Å². The van der Waals surface area contributed by atoms with E-state index in [9.17, 15) is 8.42 Å². The lowest BCUT2D eigenvalue weighted by atomic mass is 9.97. The van der Waals surface area contributed by atoms with Crippen molar-refractivity contribution < 1.29 is 13.2 Å². The topological polar surface area (TPSA) is 72.6 Å². The molecule has 1 aromatic carbocycles. The monoisotopic (exact) mass is 300 g/mol. The average molecular weight is 300 g/mol. The van der Waals surface area contributed by atoms with Crippen molar-refractivity contribution >= 4 is 10.0 Å². The summed E-state index contributed by atoms with van der Waals surface area (Å²) in [7, 11) is -1.86. The fourth-order valence-corrected chi connectivity index (χ4v) is 3.21. The van der Waals surface area contributed by atoms with Crippen LogP contribution in [0.25, 0.3) is 0 Å². The molecule has 2 N–H and O–H groups in total. The molecule has 114 valence electrons. The molecule has 20 heavy (non-hydrogen) atoms. The molecule has 0 saturated carbocycles. The Labute approximate surface area is 121 Å². The summed E-state index contributed by atoms with van der Waals surface area (Å²) in [6, 6.07) is 6.40. The van der Waals surface area contributed by atoms with Crippen LogP contribution >= 0.6 is 0 Å². The number of rotatable bonds is 6. The summed E-state index contributed by atoms with van der Waals surface area (Å²) in [5.74, 6) is 0.618. The van der Waals surface area contributed by atoms with Gasteiger partial charge in [-0.05, 0) is 29.7 Å². The van der Waals surface area contributed by atoms with Gasteiger partial charge in [0.05, 0.1) is 4.90 Å².